The predicted octanol–water partition coefficient (Wildman–Crippen LogP) is 15.9. The molecular formula is C64H60N2O5Pt2-2. The van der Waals surface area contributed by atoms with Crippen molar-refractivity contribution in [1.29, 1.82) is 0 Å². The van der Waals surface area contributed by atoms with Crippen LogP contribution in [0.1, 0.15) is 98.6 Å². The van der Waals surface area contributed by atoms with Crippen LogP contribution in [-0.4, -0.2) is 31.7 Å². The number of benzene rings is 6. The second kappa shape index (κ2) is 24.8. The maximum atomic E-state index is 12.6. The molecule has 3 heterocycles. The summed E-state index contributed by atoms with van der Waals surface area (Å²) in [7, 11) is 0. The molecule has 0 atom stereocenters. The molecule has 73 heavy (non-hydrogen) atoms. The Balaban J connectivity index is 0.000000201. The second-order valence-corrected chi connectivity index (χ2v) is 18.7. The molecule has 0 aliphatic carbocycles. The topological polar surface area (TPSA) is 114 Å². The van der Waals surface area contributed by atoms with E-state index in [1.807, 2.05) is 180 Å². The van der Waals surface area contributed by atoms with Gasteiger partial charge in [-0.1, -0.05) is 106 Å². The van der Waals surface area contributed by atoms with E-state index in [1.54, 1.807) is 12.4 Å². The van der Waals surface area contributed by atoms with Gasteiger partial charge in [0.05, 0.1) is 0 Å². The summed E-state index contributed by atoms with van der Waals surface area (Å²) in [5, 5.41) is 23.0. The van der Waals surface area contributed by atoms with E-state index >= 15 is 0 Å². The first kappa shape index (κ1) is 57.1. The van der Waals surface area contributed by atoms with Gasteiger partial charge in [-0.3, -0.25) is 9.59 Å². The molecule has 9 aromatic rings. The third kappa shape index (κ3) is 13.4. The molecule has 0 radical (unpaired) electrons. The van der Waals surface area contributed by atoms with Gasteiger partial charge in [-0.15, -0.1) is 47.5 Å². The Labute approximate surface area is 458 Å². The molecule has 0 aliphatic rings. The molecule has 0 saturated heterocycles. The minimum Gasteiger partial charge on any atom is -0.545 e. The van der Waals surface area contributed by atoms with Gasteiger partial charge in [0.1, 0.15) is 11.5 Å². The zero-order valence-corrected chi connectivity index (χ0v) is 47.9. The molecule has 0 amide bonds. The molecule has 7 nitrogen and oxygen atoms in total. The van der Waals surface area contributed by atoms with Crippen molar-refractivity contribution in [2.45, 2.75) is 83.1 Å². The summed E-state index contributed by atoms with van der Waals surface area (Å²) < 4.78 is 5.93. The van der Waals surface area contributed by atoms with Crippen LogP contribution >= 0.6 is 0 Å². The molecule has 9 rings (SSSR count). The van der Waals surface area contributed by atoms with E-state index in [0.29, 0.717) is 11.1 Å². The number of nitrogens with zero attached hydrogens (tertiary/aromatic N) is 2. The van der Waals surface area contributed by atoms with Gasteiger partial charge in [0.2, 0.25) is 0 Å². The summed E-state index contributed by atoms with van der Waals surface area (Å²) in [6, 6.07) is 42.2. The number of aliphatic hydroxyl groups is 2. The summed E-state index contributed by atoms with van der Waals surface area (Å²) in [6.45, 7) is 23.6. The fraction of sp³-hybridized carbons (Fsp3) is 0.188. The van der Waals surface area contributed by atoms with Gasteiger partial charge in [-0.05, 0) is 151 Å². The number of hydrogen-bond donors (Lipinski definition) is 2. The number of fused-ring (bicyclic) bond motifs is 3. The molecule has 0 fully saturated rings. The van der Waals surface area contributed by atoms with Crippen LogP contribution in [0.5, 0.6) is 0 Å². The third-order valence-corrected chi connectivity index (χ3v) is 12.5. The van der Waals surface area contributed by atoms with Gasteiger partial charge in [0.25, 0.3) is 0 Å². The van der Waals surface area contributed by atoms with Gasteiger partial charge in [-0.25, -0.2) is 0 Å². The molecule has 3 aromatic heterocycles. The molecule has 0 spiro atoms. The number of ketones is 2. The fourth-order valence-corrected chi connectivity index (χ4v) is 9.85. The van der Waals surface area contributed by atoms with Crippen LogP contribution in [0, 0.1) is 95.2 Å². The molecule has 0 unspecified atom stereocenters. The van der Waals surface area contributed by atoms with Gasteiger partial charge in [0.15, 0.2) is 11.6 Å². The summed E-state index contributed by atoms with van der Waals surface area (Å²) in [4.78, 5) is 34.1. The number of furan rings is 1. The van der Waals surface area contributed by atoms with Crippen molar-refractivity contribution in [2.75, 3.05) is 0 Å². The monoisotopic (exact) mass is 1330 g/mol. The largest absolute Gasteiger partial charge is 0.545 e. The number of carbonyl (C=O) groups is 2. The number of aliphatic hydroxyl groups excluding tert-OH is 2. The van der Waals surface area contributed by atoms with Gasteiger partial charge in [0, 0.05) is 100 Å². The molecule has 2 N–H and O–H groups in total. The first-order valence-electron chi connectivity index (χ1n) is 23.6. The number of aryl methyl sites for hydroxylation is 12. The predicted molar refractivity (Wildman–Crippen MR) is 290 cm³/mol. The first-order valence-corrected chi connectivity index (χ1v) is 23.6. The maximum absolute atomic E-state index is 12.6. The second-order valence-electron chi connectivity index (χ2n) is 18.7. The molecule has 0 saturated carbocycles. The summed E-state index contributed by atoms with van der Waals surface area (Å²) in [5.41, 5.74) is 20.3. The van der Waals surface area contributed by atoms with Crippen molar-refractivity contribution in [3.63, 3.8) is 0 Å². The van der Waals surface area contributed by atoms with Gasteiger partial charge >= 0.3 is 0 Å². The van der Waals surface area contributed by atoms with E-state index in [9.17, 15) is 19.8 Å². The zero-order chi connectivity index (χ0) is 51.3. The standard InChI is InChI=1S/C22H12N2O.2C21H24O2.2Pt/c1-3-11-23-19(5-1)15-7-9-21-17(13-15)18-14-16(8-10-22(18)25-21)20-6-2-4-12-24-20;2*1-12-7-14(3)20(15(4)8-12)18(22)11-19(23)21-16(5)9-13(2)10-17(21)6;;/h1-6,9-14H;2*7-11,22H,1-6H3;;/q-2;;;;/b;2*18-11-;;. The number of carbonyl (C=O) groups excluding carboxylic acids is 2. The van der Waals surface area contributed by atoms with Crippen LogP contribution in [0.4, 0.5) is 0 Å². The average molecular weight is 1330 g/mol. The summed E-state index contributed by atoms with van der Waals surface area (Å²) >= 11 is 0. The maximum Gasteiger partial charge on any atom is 0.190 e. The van der Waals surface area contributed by atoms with Crippen molar-refractivity contribution >= 4 is 45.0 Å². The van der Waals surface area contributed by atoms with Crippen molar-refractivity contribution in [3.8, 4) is 22.5 Å². The molecule has 378 valence electrons. The van der Waals surface area contributed by atoms with Gasteiger partial charge < -0.3 is 24.6 Å². The number of pyridine rings is 2. The van der Waals surface area contributed by atoms with E-state index in [1.165, 1.54) is 12.2 Å². The van der Waals surface area contributed by atoms with E-state index in [0.717, 1.165) is 122 Å². The van der Waals surface area contributed by atoms with Crippen molar-refractivity contribution in [2.24, 2.45) is 0 Å². The summed E-state index contributed by atoms with van der Waals surface area (Å²) in [5.74, 6) is -0.248. The average Bonchev–Trinajstić information content (AvgIpc) is 3.66. The smallest absolute Gasteiger partial charge is 0.190 e. The normalized spacial score (nSPS) is 11.2. The fourth-order valence-electron chi connectivity index (χ4n) is 9.85. The number of aromatic nitrogens is 2. The molecule has 0 aliphatic heterocycles. The molecule has 6 aromatic carbocycles. The Morgan fingerprint density at radius 2 is 0.726 bits per heavy atom. The molecular weight excluding hydrogens is 1270 g/mol. The van der Waals surface area contributed by atoms with Crippen LogP contribution in [0.15, 0.2) is 138 Å². The van der Waals surface area contributed by atoms with E-state index < -0.39 is 0 Å². The molecule has 0 bridgehead atoms. The Hall–Kier alpha value is -6.78. The van der Waals surface area contributed by atoms with Crippen LogP contribution in [0.3, 0.4) is 0 Å². The minimum absolute atomic E-state index is 0. The number of rotatable bonds is 8. The zero-order valence-electron chi connectivity index (χ0n) is 43.3. The molecule has 9 heteroatoms. The Morgan fingerprint density at radius 3 is 1.00 bits per heavy atom. The first-order chi connectivity index (χ1) is 33.8. The van der Waals surface area contributed by atoms with Crippen LogP contribution in [0.25, 0.3) is 56.0 Å². The number of hydrogen-bond acceptors (Lipinski definition) is 7. The van der Waals surface area contributed by atoms with E-state index in [4.69, 9.17) is 4.42 Å². The van der Waals surface area contributed by atoms with Crippen molar-refractivity contribution in [3.05, 3.63) is 235 Å². The minimum atomic E-state index is -0.156. The van der Waals surface area contributed by atoms with Crippen LogP contribution < -0.4 is 0 Å². The van der Waals surface area contributed by atoms with E-state index in [2.05, 4.69) is 34.2 Å². The third-order valence-electron chi connectivity index (χ3n) is 12.5. The SMILES string of the molecule is Cc1cc(C)c(C(=O)/C=C(\O)c2c(C)cc(C)cc2C)c(C)c1.Cc1cc(C)c(C(=O)/C=C(\O)c2c(C)cc(C)cc2C)c(C)c1.[Pt].[Pt].[c-]1cc2oc3c[c-]c(-c4ccccn4)cc3c2cc1-c1ccccn1. The van der Waals surface area contributed by atoms with Crippen LogP contribution in [0.2, 0.25) is 0 Å². The summed E-state index contributed by atoms with van der Waals surface area (Å²) in [6.07, 6.45) is 6.26. The quantitative estimate of drug-likeness (QED) is 0.0674. The van der Waals surface area contributed by atoms with Crippen molar-refractivity contribution in [1.82, 2.24) is 9.97 Å². The Bertz CT molecular complexity index is 3230. The van der Waals surface area contributed by atoms with Crippen molar-refractivity contribution < 1.29 is 66.3 Å². The Kier molecular flexibility index (Phi) is 19.4. The number of allylic oxidation sites excluding steroid dienone is 2. The van der Waals surface area contributed by atoms with Gasteiger partial charge in [-0.2, -0.15) is 0 Å². The van der Waals surface area contributed by atoms with E-state index in [-0.39, 0.29) is 65.2 Å². The van der Waals surface area contributed by atoms with Crippen LogP contribution in [-0.2, 0) is 42.1 Å². The Morgan fingerprint density at radius 1 is 0.438 bits per heavy atom.